The van der Waals surface area contributed by atoms with Gasteiger partial charge >= 0.3 is 5.97 Å². The molecule has 27 heavy (non-hydrogen) atoms. The van der Waals surface area contributed by atoms with Crippen molar-refractivity contribution in [1.29, 1.82) is 0 Å². The summed E-state index contributed by atoms with van der Waals surface area (Å²) < 4.78 is 21.4. The molecule has 1 N–H and O–H groups in total. The summed E-state index contributed by atoms with van der Waals surface area (Å²) in [5, 5.41) is 0.824. The Morgan fingerprint density at radius 2 is 1.81 bits per heavy atom. The van der Waals surface area contributed by atoms with Crippen LogP contribution in [-0.4, -0.2) is 24.9 Å². The van der Waals surface area contributed by atoms with Gasteiger partial charge in [-0.1, -0.05) is 0 Å². The number of H-pyrrole nitrogens is 1. The first-order valence-corrected chi connectivity index (χ1v) is 8.47. The molecule has 0 saturated heterocycles. The van der Waals surface area contributed by atoms with Gasteiger partial charge in [0.2, 0.25) is 6.79 Å². The molecule has 1 atom stereocenters. The maximum Gasteiger partial charge on any atom is 0.312 e. The molecule has 5 rings (SSSR count). The number of rotatable bonds is 2. The van der Waals surface area contributed by atoms with E-state index in [0.29, 0.717) is 34.1 Å². The van der Waals surface area contributed by atoms with E-state index in [9.17, 15) is 9.59 Å². The minimum absolute atomic E-state index is 0.0746. The molecule has 2 aromatic carbocycles. The van der Waals surface area contributed by atoms with Crippen LogP contribution < -0.4 is 24.5 Å². The molecule has 7 nitrogen and oxygen atoms in total. The topological polar surface area (TPSA) is 86.9 Å². The van der Waals surface area contributed by atoms with E-state index < -0.39 is 11.9 Å². The Kier molecular flexibility index (Phi) is 3.36. The standard InChI is InChI=1S/C20H15NO6/c1-24-11-2-3-15-10(4-11)5-14(20(23)21-15)12-7-19(22)27-16-8-18-17(6-13(12)16)25-9-26-18/h2-6,8,12H,7,9H2,1H3,(H,21,23)/t12-/m1/s1. The van der Waals surface area contributed by atoms with Gasteiger partial charge in [-0.2, -0.15) is 0 Å². The SMILES string of the molecule is COc1ccc2[nH]c(=O)c([C@@H]3CC(=O)Oc4cc5c(cc43)OCO5)cc2c1. The van der Waals surface area contributed by atoms with Crippen LogP contribution >= 0.6 is 0 Å². The Hall–Kier alpha value is -3.48. The van der Waals surface area contributed by atoms with Gasteiger partial charge in [-0.05, 0) is 30.3 Å². The summed E-state index contributed by atoms with van der Waals surface area (Å²) in [6.07, 6.45) is 0.0746. The van der Waals surface area contributed by atoms with Crippen molar-refractivity contribution in [3.63, 3.8) is 0 Å². The molecule has 0 amide bonds. The molecule has 0 spiro atoms. The summed E-state index contributed by atoms with van der Waals surface area (Å²) in [7, 11) is 1.59. The Morgan fingerprint density at radius 1 is 1.00 bits per heavy atom. The second-order valence-electron chi connectivity index (χ2n) is 6.48. The average Bonchev–Trinajstić information content (AvgIpc) is 3.12. The van der Waals surface area contributed by atoms with Crippen molar-refractivity contribution in [2.24, 2.45) is 0 Å². The predicted molar refractivity (Wildman–Crippen MR) is 95.8 cm³/mol. The van der Waals surface area contributed by atoms with Gasteiger partial charge in [0.15, 0.2) is 11.5 Å². The quantitative estimate of drug-likeness (QED) is 0.555. The second-order valence-corrected chi connectivity index (χ2v) is 6.48. The normalized spacial score (nSPS) is 17.5. The largest absolute Gasteiger partial charge is 0.497 e. The summed E-state index contributed by atoms with van der Waals surface area (Å²) in [6, 6.07) is 10.6. The maximum atomic E-state index is 12.7. The summed E-state index contributed by atoms with van der Waals surface area (Å²) >= 11 is 0. The number of pyridine rings is 1. The minimum atomic E-state index is -0.435. The van der Waals surface area contributed by atoms with E-state index in [2.05, 4.69) is 4.98 Å². The van der Waals surface area contributed by atoms with E-state index >= 15 is 0 Å². The first kappa shape index (κ1) is 15.7. The van der Waals surface area contributed by atoms with E-state index in [-0.39, 0.29) is 18.8 Å². The summed E-state index contributed by atoms with van der Waals surface area (Å²) in [6.45, 7) is 0.118. The zero-order chi connectivity index (χ0) is 18.5. The molecule has 0 unspecified atom stereocenters. The zero-order valence-electron chi connectivity index (χ0n) is 14.4. The number of aromatic nitrogens is 1. The van der Waals surface area contributed by atoms with Crippen LogP contribution in [0.25, 0.3) is 10.9 Å². The van der Waals surface area contributed by atoms with Crippen LogP contribution in [0.2, 0.25) is 0 Å². The van der Waals surface area contributed by atoms with Crippen molar-refractivity contribution >= 4 is 16.9 Å². The van der Waals surface area contributed by atoms with Crippen LogP contribution in [0.4, 0.5) is 0 Å². The van der Waals surface area contributed by atoms with E-state index in [4.69, 9.17) is 18.9 Å². The van der Waals surface area contributed by atoms with E-state index in [0.717, 1.165) is 10.9 Å². The van der Waals surface area contributed by atoms with Gasteiger partial charge in [0.25, 0.3) is 5.56 Å². The highest BCUT2D eigenvalue weighted by Crippen LogP contribution is 2.45. The number of aromatic amines is 1. The molecular formula is C20H15NO6. The van der Waals surface area contributed by atoms with E-state index in [1.165, 1.54) is 0 Å². The van der Waals surface area contributed by atoms with Crippen molar-refractivity contribution in [2.75, 3.05) is 13.9 Å². The predicted octanol–water partition coefficient (Wildman–Crippen LogP) is 2.71. The third kappa shape index (κ3) is 2.51. The summed E-state index contributed by atoms with van der Waals surface area (Å²) in [4.78, 5) is 27.8. The molecule has 2 aliphatic rings. The number of hydrogen-bond acceptors (Lipinski definition) is 6. The molecule has 0 aliphatic carbocycles. The average molecular weight is 365 g/mol. The van der Waals surface area contributed by atoms with Crippen LogP contribution in [0.3, 0.4) is 0 Å². The Bertz CT molecular complexity index is 1150. The fourth-order valence-electron chi connectivity index (χ4n) is 3.61. The maximum absolute atomic E-state index is 12.7. The van der Waals surface area contributed by atoms with Gasteiger partial charge in [0, 0.05) is 34.0 Å². The minimum Gasteiger partial charge on any atom is -0.497 e. The van der Waals surface area contributed by atoms with Crippen LogP contribution in [0.1, 0.15) is 23.5 Å². The fourth-order valence-corrected chi connectivity index (χ4v) is 3.61. The first-order valence-electron chi connectivity index (χ1n) is 8.47. The van der Waals surface area contributed by atoms with Crippen molar-refractivity contribution in [3.8, 4) is 23.0 Å². The number of benzene rings is 2. The van der Waals surface area contributed by atoms with Crippen molar-refractivity contribution < 1.29 is 23.7 Å². The summed E-state index contributed by atoms with van der Waals surface area (Å²) in [5.74, 6) is 1.36. The number of hydrogen-bond donors (Lipinski definition) is 1. The first-order chi connectivity index (χ1) is 13.1. The van der Waals surface area contributed by atoms with E-state index in [1.807, 2.05) is 6.07 Å². The number of carbonyl (C=O) groups is 1. The molecule has 2 aliphatic heterocycles. The molecule has 3 aromatic rings. The molecule has 0 radical (unpaired) electrons. The number of esters is 1. The summed E-state index contributed by atoms with van der Waals surface area (Å²) in [5.41, 5.74) is 1.68. The van der Waals surface area contributed by atoms with Gasteiger partial charge in [-0.3, -0.25) is 9.59 Å². The third-order valence-corrected chi connectivity index (χ3v) is 4.93. The highest BCUT2D eigenvalue weighted by atomic mass is 16.7. The molecule has 7 heteroatoms. The lowest BCUT2D eigenvalue weighted by atomic mass is 9.86. The second kappa shape index (κ2) is 5.77. The molecule has 136 valence electrons. The van der Waals surface area contributed by atoms with Crippen LogP contribution in [0.15, 0.2) is 41.2 Å². The molecule has 0 saturated carbocycles. The Balaban J connectivity index is 1.69. The lowest BCUT2D eigenvalue weighted by Gasteiger charge is -2.24. The van der Waals surface area contributed by atoms with Gasteiger partial charge < -0.3 is 23.9 Å². The van der Waals surface area contributed by atoms with Crippen LogP contribution in [0, 0.1) is 0 Å². The smallest absolute Gasteiger partial charge is 0.312 e. The highest BCUT2D eigenvalue weighted by molar-refractivity contribution is 5.82. The fraction of sp³-hybridized carbons (Fsp3) is 0.200. The number of fused-ring (bicyclic) bond motifs is 3. The van der Waals surface area contributed by atoms with Crippen molar-refractivity contribution in [1.82, 2.24) is 4.98 Å². The van der Waals surface area contributed by atoms with Crippen LogP contribution in [0.5, 0.6) is 23.0 Å². The number of ether oxygens (including phenoxy) is 4. The Morgan fingerprint density at radius 3 is 2.63 bits per heavy atom. The van der Waals surface area contributed by atoms with Gasteiger partial charge in [0.05, 0.1) is 13.5 Å². The Labute approximate surface area is 153 Å². The monoisotopic (exact) mass is 365 g/mol. The number of nitrogens with one attached hydrogen (secondary N) is 1. The third-order valence-electron chi connectivity index (χ3n) is 4.93. The molecule has 3 heterocycles. The molecular weight excluding hydrogens is 350 g/mol. The van der Waals surface area contributed by atoms with Gasteiger partial charge in [0.1, 0.15) is 11.5 Å². The van der Waals surface area contributed by atoms with Gasteiger partial charge in [-0.15, -0.1) is 0 Å². The van der Waals surface area contributed by atoms with Gasteiger partial charge in [-0.25, -0.2) is 0 Å². The highest BCUT2D eigenvalue weighted by Gasteiger charge is 2.33. The van der Waals surface area contributed by atoms with E-state index in [1.54, 1.807) is 37.4 Å². The number of carbonyl (C=O) groups excluding carboxylic acids is 1. The van der Waals surface area contributed by atoms with Crippen LogP contribution in [-0.2, 0) is 4.79 Å². The van der Waals surface area contributed by atoms with Crippen molar-refractivity contribution in [2.45, 2.75) is 12.3 Å². The zero-order valence-corrected chi connectivity index (χ0v) is 14.4. The lowest BCUT2D eigenvalue weighted by Crippen LogP contribution is -2.25. The number of methoxy groups -OCH3 is 1. The lowest BCUT2D eigenvalue weighted by molar-refractivity contribution is -0.135. The molecule has 1 aromatic heterocycles. The molecule has 0 bridgehead atoms. The molecule has 0 fully saturated rings. The van der Waals surface area contributed by atoms with Crippen molar-refractivity contribution in [3.05, 3.63) is 57.9 Å².